The Balaban J connectivity index is 2.07. The number of nitrogens with one attached hydrogen (secondary N) is 2. The molecule has 6 nitrogen and oxygen atoms in total. The summed E-state index contributed by atoms with van der Waals surface area (Å²) >= 11 is 1.67. The van der Waals surface area contributed by atoms with E-state index in [0.717, 1.165) is 16.3 Å². The number of likely N-dealkylation sites (N-methyl/N-ethyl adjacent to an activating group) is 1. The fraction of sp³-hybridized carbons (Fsp3) is 0.421. The van der Waals surface area contributed by atoms with E-state index < -0.39 is 0 Å². The molecule has 0 aliphatic carbocycles. The van der Waals surface area contributed by atoms with Crippen LogP contribution >= 0.6 is 11.3 Å². The number of carbonyl (C=O) groups is 1. The Kier molecular flexibility index (Phi) is 7.15. The van der Waals surface area contributed by atoms with Gasteiger partial charge in [-0.2, -0.15) is 0 Å². The second-order valence-electron chi connectivity index (χ2n) is 6.33. The average molecular weight is 374 g/mol. The van der Waals surface area contributed by atoms with Gasteiger partial charge in [0.1, 0.15) is 11.6 Å². The summed E-state index contributed by atoms with van der Waals surface area (Å²) in [6, 6.07) is 10.2. The van der Waals surface area contributed by atoms with E-state index in [2.05, 4.69) is 46.6 Å². The van der Waals surface area contributed by atoms with Crippen LogP contribution in [0.25, 0.3) is 0 Å². The largest absolute Gasteiger partial charge is 0.350 e. The van der Waals surface area contributed by atoms with Crippen LogP contribution in [-0.2, 0) is 11.3 Å². The first kappa shape index (κ1) is 19.9. The van der Waals surface area contributed by atoms with Crippen molar-refractivity contribution in [3.63, 3.8) is 0 Å². The molecule has 1 amide bonds. The highest BCUT2D eigenvalue weighted by Crippen LogP contribution is 2.16. The lowest BCUT2D eigenvalue weighted by molar-refractivity contribution is -0.127. The number of rotatable bonds is 6. The van der Waals surface area contributed by atoms with Crippen LogP contribution in [0, 0.1) is 13.8 Å². The lowest BCUT2D eigenvalue weighted by Crippen LogP contribution is -2.39. The number of aliphatic imine (C=N–C) groups is 1. The highest BCUT2D eigenvalue weighted by Gasteiger charge is 2.11. The number of hydrogen-bond acceptors (Lipinski definition) is 4. The molecule has 0 spiro atoms. The molecule has 26 heavy (non-hydrogen) atoms. The van der Waals surface area contributed by atoms with E-state index in [4.69, 9.17) is 0 Å². The first-order valence-corrected chi connectivity index (χ1v) is 9.41. The fourth-order valence-corrected chi connectivity index (χ4v) is 3.12. The minimum Gasteiger partial charge on any atom is -0.350 e. The number of amides is 1. The number of benzene rings is 1. The Hall–Kier alpha value is -2.41. The van der Waals surface area contributed by atoms with Crippen molar-refractivity contribution in [1.29, 1.82) is 0 Å². The molecule has 0 saturated carbocycles. The fourth-order valence-electron chi connectivity index (χ4n) is 2.24. The zero-order valence-electron chi connectivity index (χ0n) is 16.0. The SMILES string of the molecule is Cc1nc(CNC(=NCC(=O)N(C)C)NC(C)c2ccccc2)sc1C. The topological polar surface area (TPSA) is 69.6 Å². The Morgan fingerprint density at radius 2 is 1.96 bits per heavy atom. The summed E-state index contributed by atoms with van der Waals surface area (Å²) < 4.78 is 0. The Labute approximate surface area is 159 Å². The maximum atomic E-state index is 11.9. The molecular formula is C19H27N5OS. The van der Waals surface area contributed by atoms with Gasteiger partial charge in [-0.05, 0) is 26.3 Å². The predicted molar refractivity (Wildman–Crippen MR) is 107 cm³/mol. The quantitative estimate of drug-likeness (QED) is 0.603. The average Bonchev–Trinajstić information content (AvgIpc) is 2.95. The van der Waals surface area contributed by atoms with E-state index in [1.807, 2.05) is 25.1 Å². The van der Waals surface area contributed by atoms with Crippen molar-refractivity contribution >= 4 is 23.2 Å². The molecule has 2 rings (SSSR count). The van der Waals surface area contributed by atoms with Gasteiger partial charge in [0.05, 0.1) is 18.3 Å². The molecule has 1 atom stereocenters. The van der Waals surface area contributed by atoms with Crippen molar-refractivity contribution < 1.29 is 4.79 Å². The van der Waals surface area contributed by atoms with Crippen molar-refractivity contribution in [2.45, 2.75) is 33.4 Å². The predicted octanol–water partition coefficient (Wildman–Crippen LogP) is 2.64. The summed E-state index contributed by atoms with van der Waals surface area (Å²) in [7, 11) is 3.46. The third-order valence-electron chi connectivity index (χ3n) is 4.00. The summed E-state index contributed by atoms with van der Waals surface area (Å²) in [6.07, 6.45) is 0. The van der Waals surface area contributed by atoms with Crippen LogP contribution in [0.5, 0.6) is 0 Å². The van der Waals surface area contributed by atoms with Crippen molar-refractivity contribution in [2.24, 2.45) is 4.99 Å². The molecule has 1 aromatic heterocycles. The molecule has 0 aliphatic rings. The highest BCUT2D eigenvalue weighted by molar-refractivity contribution is 7.11. The smallest absolute Gasteiger partial charge is 0.243 e. The van der Waals surface area contributed by atoms with E-state index in [1.54, 1.807) is 25.4 Å². The maximum Gasteiger partial charge on any atom is 0.243 e. The zero-order valence-corrected chi connectivity index (χ0v) is 16.9. The maximum absolute atomic E-state index is 11.9. The number of aryl methyl sites for hydroxylation is 2. The van der Waals surface area contributed by atoms with Crippen LogP contribution in [-0.4, -0.2) is 42.4 Å². The highest BCUT2D eigenvalue weighted by atomic mass is 32.1. The first-order chi connectivity index (χ1) is 12.4. The van der Waals surface area contributed by atoms with Gasteiger partial charge in [0, 0.05) is 19.0 Å². The van der Waals surface area contributed by atoms with Crippen LogP contribution in [0.2, 0.25) is 0 Å². The van der Waals surface area contributed by atoms with Gasteiger partial charge in [-0.3, -0.25) is 4.79 Å². The van der Waals surface area contributed by atoms with Crippen LogP contribution < -0.4 is 10.6 Å². The third-order valence-corrected chi connectivity index (χ3v) is 5.08. The molecule has 0 saturated heterocycles. The van der Waals surface area contributed by atoms with Crippen LogP contribution in [0.1, 0.15) is 34.1 Å². The second-order valence-corrected chi connectivity index (χ2v) is 7.62. The molecule has 0 bridgehead atoms. The van der Waals surface area contributed by atoms with Gasteiger partial charge in [0.25, 0.3) is 0 Å². The summed E-state index contributed by atoms with van der Waals surface area (Å²) in [6.45, 7) is 6.81. The van der Waals surface area contributed by atoms with E-state index >= 15 is 0 Å². The van der Waals surface area contributed by atoms with E-state index in [9.17, 15) is 4.79 Å². The molecule has 0 fully saturated rings. The molecule has 2 N–H and O–H groups in total. The number of guanidine groups is 1. The molecule has 140 valence electrons. The lowest BCUT2D eigenvalue weighted by atomic mass is 10.1. The second kappa shape index (κ2) is 9.33. The molecule has 7 heteroatoms. The first-order valence-electron chi connectivity index (χ1n) is 8.59. The van der Waals surface area contributed by atoms with Crippen molar-refractivity contribution in [3.8, 4) is 0 Å². The van der Waals surface area contributed by atoms with Crippen molar-refractivity contribution in [2.75, 3.05) is 20.6 Å². The third kappa shape index (κ3) is 5.84. The van der Waals surface area contributed by atoms with Gasteiger partial charge in [-0.1, -0.05) is 30.3 Å². The number of thiazole rings is 1. The Bertz CT molecular complexity index is 735. The lowest BCUT2D eigenvalue weighted by Gasteiger charge is -2.18. The zero-order chi connectivity index (χ0) is 19.1. The van der Waals surface area contributed by atoms with E-state index in [0.29, 0.717) is 12.5 Å². The summed E-state index contributed by atoms with van der Waals surface area (Å²) in [5, 5.41) is 7.65. The van der Waals surface area contributed by atoms with Crippen LogP contribution in [0.3, 0.4) is 0 Å². The van der Waals surface area contributed by atoms with Crippen LogP contribution in [0.15, 0.2) is 35.3 Å². The van der Waals surface area contributed by atoms with E-state index in [-0.39, 0.29) is 18.5 Å². The minimum atomic E-state index is -0.0422. The summed E-state index contributed by atoms with van der Waals surface area (Å²) in [4.78, 5) is 23.6. The summed E-state index contributed by atoms with van der Waals surface area (Å²) in [5.74, 6) is 0.557. The molecule has 1 unspecified atom stereocenters. The monoisotopic (exact) mass is 373 g/mol. The van der Waals surface area contributed by atoms with Gasteiger partial charge >= 0.3 is 0 Å². The van der Waals surface area contributed by atoms with Gasteiger partial charge in [0.2, 0.25) is 5.91 Å². The minimum absolute atomic E-state index is 0.0422. The number of carbonyl (C=O) groups excluding carboxylic acids is 1. The van der Waals surface area contributed by atoms with Gasteiger partial charge < -0.3 is 15.5 Å². The molecular weight excluding hydrogens is 346 g/mol. The standard InChI is InChI=1S/C19H27N5OS/c1-13-15(3)26-17(22-13)11-20-19(21-12-18(25)24(4)5)23-14(2)16-9-7-6-8-10-16/h6-10,14H,11-12H2,1-5H3,(H2,20,21,23). The van der Waals surface area contributed by atoms with Gasteiger partial charge in [0.15, 0.2) is 5.96 Å². The molecule has 1 heterocycles. The molecule has 2 aromatic rings. The molecule has 0 radical (unpaired) electrons. The number of aromatic nitrogens is 1. The Morgan fingerprint density at radius 1 is 1.27 bits per heavy atom. The van der Waals surface area contributed by atoms with Crippen molar-refractivity contribution in [1.82, 2.24) is 20.5 Å². The molecule has 0 aliphatic heterocycles. The van der Waals surface area contributed by atoms with E-state index in [1.165, 1.54) is 9.78 Å². The molecule has 1 aromatic carbocycles. The Morgan fingerprint density at radius 3 is 2.54 bits per heavy atom. The normalized spacial score (nSPS) is 12.6. The summed E-state index contributed by atoms with van der Waals surface area (Å²) in [5.41, 5.74) is 2.21. The van der Waals surface area contributed by atoms with Gasteiger partial charge in [-0.15, -0.1) is 11.3 Å². The number of hydrogen-bond donors (Lipinski definition) is 2. The number of nitrogens with zero attached hydrogens (tertiary/aromatic N) is 3. The van der Waals surface area contributed by atoms with Crippen LogP contribution in [0.4, 0.5) is 0 Å². The van der Waals surface area contributed by atoms with Crippen molar-refractivity contribution in [3.05, 3.63) is 51.5 Å². The van der Waals surface area contributed by atoms with Gasteiger partial charge in [-0.25, -0.2) is 9.98 Å².